The van der Waals surface area contributed by atoms with Crippen molar-refractivity contribution in [3.8, 4) is 0 Å². The van der Waals surface area contributed by atoms with Crippen molar-refractivity contribution in [2.75, 3.05) is 47.5 Å². The molecule has 3 N–H and O–H groups in total. The van der Waals surface area contributed by atoms with E-state index in [4.69, 9.17) is 18.5 Å². The molecule has 0 bridgehead atoms. The van der Waals surface area contributed by atoms with E-state index in [1.54, 1.807) is 12.2 Å². The molecule has 0 aromatic carbocycles. The number of carbonyl (C=O) groups excluding carboxylic acids is 3. The molecule has 0 amide bonds. The summed E-state index contributed by atoms with van der Waals surface area (Å²) >= 11 is 0. The lowest BCUT2D eigenvalue weighted by molar-refractivity contribution is -0.870. The van der Waals surface area contributed by atoms with Crippen molar-refractivity contribution in [1.82, 2.24) is 0 Å². The van der Waals surface area contributed by atoms with Crippen LogP contribution in [0.25, 0.3) is 0 Å². The third kappa shape index (κ3) is 35.8. The van der Waals surface area contributed by atoms with Crippen LogP contribution in [0.2, 0.25) is 0 Å². The monoisotopic (exact) mass is 943 g/mol. The molecule has 65 heavy (non-hydrogen) atoms. The SMILES string of the molecule is CCCCCCCC/C=C\CCCCCCCCCCCCCC(=O)O[C@H](COC(=O)CCCCCC[C@H]1[C@@H](O)CC(=O)[C@@H]1/C=C/[C@@H](O)CCCCC)COP(=O)(O)OCC[N+](C)(C)C. The number of hydrogen-bond acceptors (Lipinski definition) is 10. The number of Topliss-reactive ketones (excluding diaryl/α,β-unsaturated/α-hetero) is 1. The van der Waals surface area contributed by atoms with Crippen LogP contribution in [0.5, 0.6) is 0 Å². The van der Waals surface area contributed by atoms with Crippen LogP contribution >= 0.6 is 7.82 Å². The summed E-state index contributed by atoms with van der Waals surface area (Å²) in [6, 6.07) is 0. The third-order valence-electron chi connectivity index (χ3n) is 12.4. The number of carbonyl (C=O) groups is 3. The molecule has 0 heterocycles. The van der Waals surface area contributed by atoms with E-state index in [2.05, 4.69) is 26.0 Å². The summed E-state index contributed by atoms with van der Waals surface area (Å²) in [5, 5.41) is 20.8. The number of allylic oxidation sites excluding steroid dienone is 3. The fourth-order valence-electron chi connectivity index (χ4n) is 8.21. The molecule has 12 nitrogen and oxygen atoms in total. The van der Waals surface area contributed by atoms with E-state index in [1.165, 1.54) is 96.3 Å². The van der Waals surface area contributed by atoms with Crippen molar-refractivity contribution in [1.29, 1.82) is 0 Å². The van der Waals surface area contributed by atoms with Gasteiger partial charge < -0.3 is 29.1 Å². The fourth-order valence-corrected chi connectivity index (χ4v) is 8.95. The van der Waals surface area contributed by atoms with Gasteiger partial charge in [-0.1, -0.05) is 167 Å². The van der Waals surface area contributed by atoms with E-state index in [0.29, 0.717) is 36.7 Å². The van der Waals surface area contributed by atoms with E-state index >= 15 is 0 Å². The summed E-state index contributed by atoms with van der Waals surface area (Å²) in [5.74, 6) is -1.50. The van der Waals surface area contributed by atoms with Crippen molar-refractivity contribution < 1.29 is 57.1 Å². The van der Waals surface area contributed by atoms with Crippen molar-refractivity contribution in [3.63, 3.8) is 0 Å². The van der Waals surface area contributed by atoms with Gasteiger partial charge in [-0.15, -0.1) is 0 Å². The van der Waals surface area contributed by atoms with Gasteiger partial charge in [-0.25, -0.2) is 4.57 Å². The average Bonchev–Trinajstić information content (AvgIpc) is 3.52. The molecule has 1 fully saturated rings. The van der Waals surface area contributed by atoms with E-state index in [1.807, 2.05) is 21.1 Å². The van der Waals surface area contributed by atoms with Crippen molar-refractivity contribution in [2.45, 2.75) is 231 Å². The highest BCUT2D eigenvalue weighted by Gasteiger charge is 2.39. The topological polar surface area (TPSA) is 166 Å². The number of aliphatic hydroxyl groups excluding tert-OH is 2. The van der Waals surface area contributed by atoms with Crippen molar-refractivity contribution in [3.05, 3.63) is 24.3 Å². The van der Waals surface area contributed by atoms with E-state index in [9.17, 15) is 34.1 Å². The normalized spacial score (nSPS) is 18.7. The second-order valence-electron chi connectivity index (χ2n) is 19.7. The predicted octanol–water partition coefficient (Wildman–Crippen LogP) is 12.1. The zero-order chi connectivity index (χ0) is 48.0. The first-order valence-corrected chi connectivity index (χ1v) is 27.7. The van der Waals surface area contributed by atoms with E-state index in [-0.39, 0.29) is 50.1 Å². The summed E-state index contributed by atoms with van der Waals surface area (Å²) in [5.41, 5.74) is 0. The summed E-state index contributed by atoms with van der Waals surface area (Å²) < 4.78 is 34.4. The van der Waals surface area contributed by atoms with Crippen molar-refractivity contribution in [2.24, 2.45) is 11.8 Å². The molecule has 0 aromatic heterocycles. The average molecular weight is 943 g/mol. The molecule has 0 spiro atoms. The number of nitrogens with zero attached hydrogens (tertiary/aromatic N) is 1. The minimum absolute atomic E-state index is 0.00544. The van der Waals surface area contributed by atoms with Gasteiger partial charge in [0.05, 0.1) is 40.0 Å². The number of ketones is 1. The van der Waals surface area contributed by atoms with Gasteiger partial charge in [0.25, 0.3) is 0 Å². The van der Waals surface area contributed by atoms with Gasteiger partial charge in [-0.2, -0.15) is 0 Å². The van der Waals surface area contributed by atoms with Crippen LogP contribution in [0.1, 0.15) is 213 Å². The maximum atomic E-state index is 12.8. The molecule has 0 aromatic rings. The molecule has 0 radical (unpaired) electrons. The van der Waals surface area contributed by atoms with Crippen LogP contribution in [0.4, 0.5) is 0 Å². The number of unbranched alkanes of at least 4 members (excludes halogenated alkanes) is 22. The number of likely N-dealkylation sites (N-methyl/N-ethyl adjacent to an activating group) is 1. The van der Waals surface area contributed by atoms with Gasteiger partial charge in [0.15, 0.2) is 6.10 Å². The lowest BCUT2D eigenvalue weighted by atomic mass is 9.88. The van der Waals surface area contributed by atoms with Crippen molar-refractivity contribution >= 4 is 25.5 Å². The predicted molar refractivity (Wildman–Crippen MR) is 262 cm³/mol. The summed E-state index contributed by atoms with van der Waals surface area (Å²) in [7, 11) is 1.35. The number of esters is 2. The first-order valence-electron chi connectivity index (χ1n) is 26.2. The number of ether oxygens (including phenoxy) is 2. The minimum Gasteiger partial charge on any atom is -0.462 e. The Balaban J connectivity index is 2.36. The fraction of sp³-hybridized carbons (Fsp3) is 0.865. The van der Waals surface area contributed by atoms with Crippen LogP contribution in [0, 0.1) is 11.8 Å². The number of hydrogen-bond donors (Lipinski definition) is 3. The highest BCUT2D eigenvalue weighted by atomic mass is 31.2. The highest BCUT2D eigenvalue weighted by Crippen LogP contribution is 2.43. The molecular formula is C52H97NO11P+. The van der Waals surface area contributed by atoms with Crippen LogP contribution in [-0.2, 0) is 37.5 Å². The standard InChI is InChI=1S/C52H96NO11P/c1-6-8-10-11-12-13-14-15-16-17-18-19-20-21-22-23-24-25-26-27-33-37-52(58)64-46(44-63-65(59,60)62-41-40-53(3,4)5)43-61-51(57)36-32-29-28-31-35-47-48(50(56)42-49(47)55)39-38-45(54)34-30-9-7-2/h15-16,38-39,45-49,54-55H,6-14,17-37,40-44H2,1-5H3/p+1/b16-15-,39-38+/t45-,46+,47+,48+,49-/m0/s1. The zero-order valence-corrected chi connectivity index (χ0v) is 42.8. The molecule has 6 atom stereocenters. The molecule has 1 unspecified atom stereocenters. The van der Waals surface area contributed by atoms with Crippen LogP contribution in [0.3, 0.4) is 0 Å². The lowest BCUT2D eigenvalue weighted by Gasteiger charge is -2.24. The molecule has 1 saturated carbocycles. The number of phosphoric ester groups is 1. The van der Waals surface area contributed by atoms with Gasteiger partial charge in [0.2, 0.25) is 0 Å². The lowest BCUT2D eigenvalue weighted by Crippen LogP contribution is -2.37. The Hall–Kier alpha value is -1.92. The quantitative estimate of drug-likeness (QED) is 0.0175. The number of quaternary nitrogens is 1. The minimum atomic E-state index is -4.44. The third-order valence-corrected chi connectivity index (χ3v) is 13.3. The van der Waals surface area contributed by atoms with Crippen LogP contribution in [-0.4, -0.2) is 103 Å². The Labute approximate surface area is 396 Å². The molecule has 380 valence electrons. The molecule has 1 aliphatic rings. The Kier molecular flexibility index (Phi) is 36.6. The molecule has 0 aliphatic heterocycles. The smallest absolute Gasteiger partial charge is 0.462 e. The summed E-state index contributed by atoms with van der Waals surface area (Å²) in [6.07, 6.45) is 37.0. The Morgan fingerprint density at radius 3 is 1.78 bits per heavy atom. The van der Waals surface area contributed by atoms with E-state index < -0.39 is 44.7 Å². The molecule has 13 heteroatoms. The maximum Gasteiger partial charge on any atom is 0.472 e. The first kappa shape index (κ1) is 61.1. The molecule has 1 aliphatic carbocycles. The van der Waals surface area contributed by atoms with Crippen LogP contribution < -0.4 is 0 Å². The second kappa shape index (κ2) is 39.0. The van der Waals surface area contributed by atoms with E-state index in [0.717, 1.165) is 57.8 Å². The van der Waals surface area contributed by atoms with Gasteiger partial charge in [-0.05, 0) is 57.3 Å². The molecular weight excluding hydrogens is 846 g/mol. The first-order chi connectivity index (χ1) is 31.2. The van der Waals surface area contributed by atoms with Gasteiger partial charge in [0.1, 0.15) is 25.5 Å². The zero-order valence-electron chi connectivity index (χ0n) is 41.9. The Morgan fingerprint density at radius 2 is 1.22 bits per heavy atom. The van der Waals surface area contributed by atoms with Crippen LogP contribution in [0.15, 0.2) is 24.3 Å². The highest BCUT2D eigenvalue weighted by molar-refractivity contribution is 7.47. The largest absolute Gasteiger partial charge is 0.472 e. The molecule has 1 rings (SSSR count). The second-order valence-corrected chi connectivity index (χ2v) is 21.1. The Bertz CT molecular complexity index is 1320. The summed E-state index contributed by atoms with van der Waals surface area (Å²) in [4.78, 5) is 48.3. The van der Waals surface area contributed by atoms with Gasteiger partial charge in [0, 0.05) is 25.2 Å². The van der Waals surface area contributed by atoms with Gasteiger partial charge >= 0.3 is 19.8 Å². The Morgan fingerprint density at radius 1 is 0.708 bits per heavy atom. The van der Waals surface area contributed by atoms with Gasteiger partial charge in [-0.3, -0.25) is 23.4 Å². The number of rotatable bonds is 44. The molecule has 0 saturated heterocycles. The summed E-state index contributed by atoms with van der Waals surface area (Å²) in [6.45, 7) is 4.08. The maximum absolute atomic E-state index is 12.8. The number of phosphoric acid groups is 1. The number of aliphatic hydroxyl groups is 2.